The fourth-order valence-electron chi connectivity index (χ4n) is 2.94. The molecular weight excluding hydrogens is 323 g/mol. The standard InChI is InChI=1S/C19H21FN2O3/c1-12-9-17(13(2)22(12)16-7-8-16)19(24)25-11-18(23)21-10-14-3-5-15(20)6-4-14/h3-6,9,16H,7-8,10-11H2,1-2H3,(H,21,23). The van der Waals surface area contributed by atoms with Crippen molar-refractivity contribution in [3.05, 3.63) is 58.7 Å². The average molecular weight is 344 g/mol. The number of esters is 1. The van der Waals surface area contributed by atoms with E-state index in [2.05, 4.69) is 9.88 Å². The highest BCUT2D eigenvalue weighted by molar-refractivity contribution is 5.92. The summed E-state index contributed by atoms with van der Waals surface area (Å²) < 4.78 is 20.1. The van der Waals surface area contributed by atoms with Crippen LogP contribution in [0.1, 0.15) is 46.2 Å². The molecule has 0 aliphatic heterocycles. The van der Waals surface area contributed by atoms with Crippen LogP contribution in [-0.2, 0) is 16.1 Å². The highest BCUT2D eigenvalue weighted by atomic mass is 19.1. The first-order chi connectivity index (χ1) is 12.0. The van der Waals surface area contributed by atoms with Crippen molar-refractivity contribution in [1.82, 2.24) is 9.88 Å². The minimum absolute atomic E-state index is 0.257. The lowest BCUT2D eigenvalue weighted by atomic mass is 10.2. The zero-order valence-corrected chi connectivity index (χ0v) is 14.3. The van der Waals surface area contributed by atoms with Gasteiger partial charge in [-0.05, 0) is 50.5 Å². The largest absolute Gasteiger partial charge is 0.452 e. The number of amides is 1. The van der Waals surface area contributed by atoms with E-state index >= 15 is 0 Å². The predicted octanol–water partition coefficient (Wildman–Crippen LogP) is 3.05. The number of benzene rings is 1. The predicted molar refractivity (Wildman–Crippen MR) is 90.7 cm³/mol. The number of ether oxygens (including phenoxy) is 1. The summed E-state index contributed by atoms with van der Waals surface area (Å²) in [5, 5.41) is 2.64. The van der Waals surface area contributed by atoms with Gasteiger partial charge in [-0.15, -0.1) is 0 Å². The lowest BCUT2D eigenvalue weighted by Crippen LogP contribution is -2.28. The number of aryl methyl sites for hydroxylation is 1. The molecule has 2 aromatic rings. The summed E-state index contributed by atoms with van der Waals surface area (Å²) in [7, 11) is 0. The van der Waals surface area contributed by atoms with Crippen molar-refractivity contribution in [1.29, 1.82) is 0 Å². The van der Waals surface area contributed by atoms with E-state index in [1.54, 1.807) is 12.1 Å². The second-order valence-corrected chi connectivity index (χ2v) is 6.37. The van der Waals surface area contributed by atoms with Crippen molar-refractivity contribution in [2.45, 2.75) is 39.3 Å². The van der Waals surface area contributed by atoms with Crippen molar-refractivity contribution in [2.75, 3.05) is 6.61 Å². The molecule has 1 aromatic heterocycles. The van der Waals surface area contributed by atoms with Gasteiger partial charge >= 0.3 is 5.97 Å². The molecule has 0 bridgehead atoms. The lowest BCUT2D eigenvalue weighted by Gasteiger charge is -2.08. The Balaban J connectivity index is 1.51. The molecule has 1 amide bonds. The Labute approximate surface area is 145 Å². The zero-order chi connectivity index (χ0) is 18.0. The number of rotatable bonds is 6. The summed E-state index contributed by atoms with van der Waals surface area (Å²) in [6.45, 7) is 3.79. The summed E-state index contributed by atoms with van der Waals surface area (Å²) in [6, 6.07) is 8.14. The van der Waals surface area contributed by atoms with Gasteiger partial charge in [0.1, 0.15) is 5.82 Å². The molecule has 25 heavy (non-hydrogen) atoms. The van der Waals surface area contributed by atoms with E-state index < -0.39 is 11.9 Å². The SMILES string of the molecule is Cc1cc(C(=O)OCC(=O)NCc2ccc(F)cc2)c(C)n1C1CC1. The normalized spacial score (nSPS) is 13.6. The molecule has 0 spiro atoms. The Kier molecular flexibility index (Phi) is 4.88. The van der Waals surface area contributed by atoms with Gasteiger partial charge in [0.05, 0.1) is 5.56 Å². The topological polar surface area (TPSA) is 60.3 Å². The zero-order valence-electron chi connectivity index (χ0n) is 14.3. The lowest BCUT2D eigenvalue weighted by molar-refractivity contribution is -0.124. The molecule has 0 saturated heterocycles. The maximum absolute atomic E-state index is 12.8. The number of nitrogens with zero attached hydrogens (tertiary/aromatic N) is 1. The first-order valence-corrected chi connectivity index (χ1v) is 8.32. The van der Waals surface area contributed by atoms with E-state index in [4.69, 9.17) is 4.74 Å². The number of halogens is 1. The molecule has 1 saturated carbocycles. The van der Waals surface area contributed by atoms with Crippen LogP contribution in [0.15, 0.2) is 30.3 Å². The molecule has 1 aliphatic carbocycles. The molecule has 132 valence electrons. The van der Waals surface area contributed by atoms with Crippen LogP contribution in [-0.4, -0.2) is 23.1 Å². The molecule has 1 aliphatic rings. The Hall–Kier alpha value is -2.63. The number of aromatic nitrogens is 1. The number of nitrogens with one attached hydrogen (secondary N) is 1. The van der Waals surface area contributed by atoms with Gasteiger partial charge in [0.15, 0.2) is 6.61 Å². The molecule has 1 heterocycles. The summed E-state index contributed by atoms with van der Waals surface area (Å²) in [6.07, 6.45) is 2.27. The molecule has 3 rings (SSSR count). The van der Waals surface area contributed by atoms with E-state index in [9.17, 15) is 14.0 Å². The third kappa shape index (κ3) is 4.07. The number of hydrogen-bond acceptors (Lipinski definition) is 3. The molecule has 0 unspecified atom stereocenters. The van der Waals surface area contributed by atoms with Crippen LogP contribution >= 0.6 is 0 Å². The molecule has 6 heteroatoms. The Morgan fingerprint density at radius 2 is 1.92 bits per heavy atom. The molecule has 1 N–H and O–H groups in total. The highest BCUT2D eigenvalue weighted by Gasteiger charge is 2.28. The van der Waals surface area contributed by atoms with E-state index in [1.807, 2.05) is 19.9 Å². The summed E-state index contributed by atoms with van der Waals surface area (Å²) in [5.74, 6) is -1.21. The van der Waals surface area contributed by atoms with Gasteiger partial charge < -0.3 is 14.6 Å². The van der Waals surface area contributed by atoms with Crippen molar-refractivity contribution in [3.63, 3.8) is 0 Å². The van der Waals surface area contributed by atoms with Crippen LogP contribution in [0.25, 0.3) is 0 Å². The van der Waals surface area contributed by atoms with Crippen LogP contribution in [0.4, 0.5) is 4.39 Å². The van der Waals surface area contributed by atoms with Crippen LogP contribution in [0.2, 0.25) is 0 Å². The number of hydrogen-bond donors (Lipinski definition) is 1. The van der Waals surface area contributed by atoms with Gasteiger partial charge in [-0.2, -0.15) is 0 Å². The fourth-order valence-corrected chi connectivity index (χ4v) is 2.94. The van der Waals surface area contributed by atoms with E-state index in [-0.39, 0.29) is 19.0 Å². The van der Waals surface area contributed by atoms with E-state index in [0.29, 0.717) is 11.6 Å². The van der Waals surface area contributed by atoms with Crippen molar-refractivity contribution in [3.8, 4) is 0 Å². The van der Waals surface area contributed by atoms with Gasteiger partial charge in [0.25, 0.3) is 5.91 Å². The summed E-state index contributed by atoms with van der Waals surface area (Å²) in [4.78, 5) is 24.1. The second-order valence-electron chi connectivity index (χ2n) is 6.37. The van der Waals surface area contributed by atoms with E-state index in [0.717, 1.165) is 29.8 Å². The quantitative estimate of drug-likeness (QED) is 0.820. The molecule has 1 aromatic carbocycles. The Bertz CT molecular complexity index is 792. The van der Waals surface area contributed by atoms with Crippen molar-refractivity contribution in [2.24, 2.45) is 0 Å². The maximum Gasteiger partial charge on any atom is 0.340 e. The maximum atomic E-state index is 12.8. The van der Waals surface area contributed by atoms with Crippen molar-refractivity contribution >= 4 is 11.9 Å². The van der Waals surface area contributed by atoms with Gasteiger partial charge in [-0.3, -0.25) is 4.79 Å². The molecule has 5 nitrogen and oxygen atoms in total. The molecule has 1 fully saturated rings. The first kappa shape index (κ1) is 17.2. The van der Waals surface area contributed by atoms with Crippen molar-refractivity contribution < 1.29 is 18.7 Å². The van der Waals surface area contributed by atoms with Gasteiger partial charge in [0, 0.05) is 24.0 Å². The van der Waals surface area contributed by atoms with Crippen LogP contribution in [0.5, 0.6) is 0 Å². The van der Waals surface area contributed by atoms with Crippen LogP contribution in [0.3, 0.4) is 0 Å². The third-order valence-corrected chi connectivity index (χ3v) is 4.35. The number of carbonyl (C=O) groups excluding carboxylic acids is 2. The minimum atomic E-state index is -0.489. The first-order valence-electron chi connectivity index (χ1n) is 8.32. The van der Waals surface area contributed by atoms with Gasteiger partial charge in [0.2, 0.25) is 0 Å². The smallest absolute Gasteiger partial charge is 0.340 e. The molecule has 0 atom stereocenters. The number of carbonyl (C=O) groups is 2. The summed E-state index contributed by atoms with van der Waals surface area (Å²) in [5.41, 5.74) is 3.20. The monoisotopic (exact) mass is 344 g/mol. The van der Waals surface area contributed by atoms with Crippen LogP contribution < -0.4 is 5.32 Å². The Morgan fingerprint density at radius 1 is 1.24 bits per heavy atom. The van der Waals surface area contributed by atoms with E-state index in [1.165, 1.54) is 12.1 Å². The second kappa shape index (κ2) is 7.09. The molecule has 0 radical (unpaired) electrons. The van der Waals surface area contributed by atoms with Gasteiger partial charge in [-0.25, -0.2) is 9.18 Å². The molecular formula is C19H21FN2O3. The van der Waals surface area contributed by atoms with Crippen LogP contribution in [0, 0.1) is 19.7 Å². The fraction of sp³-hybridized carbons (Fsp3) is 0.368. The Morgan fingerprint density at radius 3 is 2.56 bits per heavy atom. The summed E-state index contributed by atoms with van der Waals surface area (Å²) >= 11 is 0. The highest BCUT2D eigenvalue weighted by Crippen LogP contribution is 2.38. The van der Waals surface area contributed by atoms with Gasteiger partial charge in [-0.1, -0.05) is 12.1 Å². The average Bonchev–Trinajstić information content (AvgIpc) is 3.37. The minimum Gasteiger partial charge on any atom is -0.452 e. The third-order valence-electron chi connectivity index (χ3n) is 4.35.